The van der Waals surface area contributed by atoms with Gasteiger partial charge in [-0.2, -0.15) is 0 Å². The molecule has 0 atom stereocenters. The molecule has 0 bridgehead atoms. The number of likely N-dealkylation sites (tertiary alicyclic amines) is 1. The summed E-state index contributed by atoms with van der Waals surface area (Å²) in [6.07, 6.45) is 14.2. The molecule has 142 valence electrons. The smallest absolute Gasteiger partial charge is 0.193 e. The molecular formula is C18H33IN6. The van der Waals surface area contributed by atoms with Crippen molar-refractivity contribution >= 4 is 29.9 Å². The van der Waals surface area contributed by atoms with Crippen molar-refractivity contribution in [1.82, 2.24) is 25.0 Å². The summed E-state index contributed by atoms with van der Waals surface area (Å²) >= 11 is 0. The highest BCUT2D eigenvalue weighted by atomic mass is 127. The van der Waals surface area contributed by atoms with Crippen LogP contribution in [0, 0.1) is 5.41 Å². The van der Waals surface area contributed by atoms with Crippen LogP contribution in [-0.2, 0) is 6.54 Å². The van der Waals surface area contributed by atoms with E-state index in [2.05, 4.69) is 27.3 Å². The molecule has 1 aromatic heterocycles. The summed E-state index contributed by atoms with van der Waals surface area (Å²) < 4.78 is 2.03. The van der Waals surface area contributed by atoms with Crippen LogP contribution in [0.4, 0.5) is 0 Å². The molecule has 1 saturated carbocycles. The number of nitrogens with zero attached hydrogens (tertiary/aromatic N) is 5. The van der Waals surface area contributed by atoms with Gasteiger partial charge in [0.15, 0.2) is 5.96 Å². The largest absolute Gasteiger partial charge is 0.357 e. The molecule has 2 fully saturated rings. The zero-order valence-electron chi connectivity index (χ0n) is 15.5. The molecule has 1 aromatic rings. The molecule has 2 heterocycles. The van der Waals surface area contributed by atoms with Crippen LogP contribution < -0.4 is 5.32 Å². The van der Waals surface area contributed by atoms with Crippen LogP contribution in [0.1, 0.15) is 58.3 Å². The highest BCUT2D eigenvalue weighted by molar-refractivity contribution is 14.0. The van der Waals surface area contributed by atoms with Gasteiger partial charge < -0.3 is 14.8 Å². The van der Waals surface area contributed by atoms with Crippen molar-refractivity contribution in [2.75, 3.05) is 26.2 Å². The van der Waals surface area contributed by atoms with Gasteiger partial charge in [-0.05, 0) is 44.4 Å². The van der Waals surface area contributed by atoms with Crippen LogP contribution in [-0.4, -0.2) is 51.8 Å². The SMILES string of the molecule is CCNC(=NCCCCn1cnnc1)N1CCC2(CCCCC2)C1.I. The molecule has 1 aliphatic carbocycles. The number of rotatable bonds is 6. The van der Waals surface area contributed by atoms with Gasteiger partial charge in [0.1, 0.15) is 12.7 Å². The second-order valence-electron chi connectivity index (χ2n) is 7.37. The first kappa shape index (κ1) is 20.5. The van der Waals surface area contributed by atoms with Gasteiger partial charge in [0, 0.05) is 32.7 Å². The van der Waals surface area contributed by atoms with Crippen LogP contribution >= 0.6 is 24.0 Å². The summed E-state index contributed by atoms with van der Waals surface area (Å²) in [6.45, 7) is 7.36. The van der Waals surface area contributed by atoms with Crippen molar-refractivity contribution < 1.29 is 0 Å². The molecule has 25 heavy (non-hydrogen) atoms. The second kappa shape index (κ2) is 10.3. The number of halogens is 1. The van der Waals surface area contributed by atoms with Gasteiger partial charge in [-0.1, -0.05) is 19.3 Å². The predicted molar refractivity (Wildman–Crippen MR) is 112 cm³/mol. The van der Waals surface area contributed by atoms with Gasteiger partial charge in [-0.3, -0.25) is 4.99 Å². The van der Waals surface area contributed by atoms with Gasteiger partial charge in [0.2, 0.25) is 0 Å². The first-order valence-corrected chi connectivity index (χ1v) is 9.67. The van der Waals surface area contributed by atoms with E-state index in [1.54, 1.807) is 12.7 Å². The molecule has 0 unspecified atom stereocenters. The highest BCUT2D eigenvalue weighted by Crippen LogP contribution is 2.43. The van der Waals surface area contributed by atoms with Crippen molar-refractivity contribution in [2.24, 2.45) is 10.4 Å². The normalized spacial score (nSPS) is 19.9. The highest BCUT2D eigenvalue weighted by Gasteiger charge is 2.39. The van der Waals surface area contributed by atoms with Crippen LogP contribution in [0.3, 0.4) is 0 Å². The number of unbranched alkanes of at least 4 members (excludes halogenated alkanes) is 1. The van der Waals surface area contributed by atoms with Crippen LogP contribution in [0.5, 0.6) is 0 Å². The van der Waals surface area contributed by atoms with E-state index < -0.39 is 0 Å². The third kappa shape index (κ3) is 5.82. The number of aromatic nitrogens is 3. The van der Waals surface area contributed by atoms with Crippen molar-refractivity contribution in [1.29, 1.82) is 0 Å². The fraction of sp³-hybridized carbons (Fsp3) is 0.833. The van der Waals surface area contributed by atoms with E-state index >= 15 is 0 Å². The van der Waals surface area contributed by atoms with Crippen molar-refractivity contribution in [3.8, 4) is 0 Å². The Morgan fingerprint density at radius 3 is 2.60 bits per heavy atom. The summed E-state index contributed by atoms with van der Waals surface area (Å²) in [5, 5.41) is 11.2. The molecule has 0 radical (unpaired) electrons. The van der Waals surface area contributed by atoms with Crippen LogP contribution in [0.15, 0.2) is 17.6 Å². The molecular weight excluding hydrogens is 427 g/mol. The average Bonchev–Trinajstić information content (AvgIpc) is 3.25. The van der Waals surface area contributed by atoms with Gasteiger partial charge in [-0.25, -0.2) is 0 Å². The maximum absolute atomic E-state index is 4.88. The molecule has 0 amide bonds. The van der Waals surface area contributed by atoms with Crippen molar-refractivity contribution in [3.63, 3.8) is 0 Å². The molecule has 3 rings (SSSR count). The molecule has 6 nitrogen and oxygen atoms in total. The van der Waals surface area contributed by atoms with Crippen LogP contribution in [0.25, 0.3) is 0 Å². The number of hydrogen-bond donors (Lipinski definition) is 1. The van der Waals surface area contributed by atoms with E-state index in [4.69, 9.17) is 4.99 Å². The molecule has 1 aliphatic heterocycles. The zero-order chi connectivity index (χ0) is 16.7. The van der Waals surface area contributed by atoms with E-state index in [0.29, 0.717) is 5.41 Å². The third-order valence-electron chi connectivity index (χ3n) is 5.54. The summed E-state index contributed by atoms with van der Waals surface area (Å²) in [5.41, 5.74) is 0.586. The van der Waals surface area contributed by atoms with Gasteiger partial charge in [0.05, 0.1) is 0 Å². The van der Waals surface area contributed by atoms with Gasteiger partial charge >= 0.3 is 0 Å². The van der Waals surface area contributed by atoms with E-state index in [-0.39, 0.29) is 24.0 Å². The maximum atomic E-state index is 4.88. The Bertz CT molecular complexity index is 510. The van der Waals surface area contributed by atoms with Crippen LogP contribution in [0.2, 0.25) is 0 Å². The number of hydrogen-bond acceptors (Lipinski definition) is 3. The minimum Gasteiger partial charge on any atom is -0.357 e. The molecule has 1 saturated heterocycles. The Morgan fingerprint density at radius 2 is 1.88 bits per heavy atom. The Kier molecular flexibility index (Phi) is 8.45. The first-order valence-electron chi connectivity index (χ1n) is 9.67. The summed E-state index contributed by atoms with van der Waals surface area (Å²) in [6, 6.07) is 0. The fourth-order valence-electron chi connectivity index (χ4n) is 4.18. The number of aryl methyl sites for hydroxylation is 1. The average molecular weight is 460 g/mol. The summed E-state index contributed by atoms with van der Waals surface area (Å²) in [4.78, 5) is 7.39. The summed E-state index contributed by atoms with van der Waals surface area (Å²) in [5.74, 6) is 1.13. The number of nitrogens with one attached hydrogen (secondary N) is 1. The van der Waals surface area contributed by atoms with E-state index in [1.807, 2.05) is 4.57 Å². The van der Waals surface area contributed by atoms with Crippen molar-refractivity contribution in [2.45, 2.75) is 64.8 Å². The molecule has 2 aliphatic rings. The lowest BCUT2D eigenvalue weighted by molar-refractivity contribution is 0.203. The van der Waals surface area contributed by atoms with Gasteiger partial charge in [0.25, 0.3) is 0 Å². The Labute approximate surface area is 168 Å². The lowest BCUT2D eigenvalue weighted by Gasteiger charge is -2.33. The fourth-order valence-corrected chi connectivity index (χ4v) is 4.18. The number of guanidine groups is 1. The predicted octanol–water partition coefficient (Wildman–Crippen LogP) is 3.30. The topological polar surface area (TPSA) is 58.3 Å². The van der Waals surface area contributed by atoms with Gasteiger partial charge in [-0.15, -0.1) is 34.2 Å². The minimum atomic E-state index is 0. The van der Waals surface area contributed by atoms with E-state index in [0.717, 1.165) is 38.4 Å². The lowest BCUT2D eigenvalue weighted by atomic mass is 9.73. The Hall–Kier alpha value is -0.860. The molecule has 1 spiro atoms. The maximum Gasteiger partial charge on any atom is 0.193 e. The monoisotopic (exact) mass is 460 g/mol. The van der Waals surface area contributed by atoms with E-state index in [9.17, 15) is 0 Å². The first-order chi connectivity index (χ1) is 11.8. The van der Waals surface area contributed by atoms with E-state index in [1.165, 1.54) is 51.6 Å². The third-order valence-corrected chi connectivity index (χ3v) is 5.54. The molecule has 7 heteroatoms. The molecule has 0 aromatic carbocycles. The lowest BCUT2D eigenvalue weighted by Crippen LogP contribution is -2.41. The summed E-state index contributed by atoms with van der Waals surface area (Å²) in [7, 11) is 0. The zero-order valence-corrected chi connectivity index (χ0v) is 17.8. The quantitative estimate of drug-likeness (QED) is 0.306. The minimum absolute atomic E-state index is 0. The standard InChI is InChI=1S/C18H32N6.HI/c1-2-19-17(20-11-6-7-12-23-15-21-22-16-23)24-13-10-18(14-24)8-4-3-5-9-18;/h15-16H,2-14H2,1H3,(H,19,20);1H. The molecule has 1 N–H and O–H groups in total. The second-order valence-corrected chi connectivity index (χ2v) is 7.37. The van der Waals surface area contributed by atoms with Crippen molar-refractivity contribution in [3.05, 3.63) is 12.7 Å². The Morgan fingerprint density at radius 1 is 1.12 bits per heavy atom. The number of aliphatic imine (C=N–C) groups is 1. The Balaban J connectivity index is 0.00000225.